The molecule has 2 N–H and O–H groups in total. The summed E-state index contributed by atoms with van der Waals surface area (Å²) in [6.45, 7) is -1.13. The van der Waals surface area contributed by atoms with E-state index >= 15 is 0 Å². The molecule has 15 heteroatoms. The van der Waals surface area contributed by atoms with Gasteiger partial charge in [0.15, 0.2) is 18.1 Å². The molecule has 1 saturated heterocycles. The molecule has 42 heavy (non-hydrogen) atoms. The fraction of sp³-hybridized carbons (Fsp3) is 0.111. The van der Waals surface area contributed by atoms with E-state index in [1.54, 1.807) is 0 Å². The topological polar surface area (TPSA) is 157 Å². The number of methoxy groups -OCH3 is 1. The van der Waals surface area contributed by atoms with Gasteiger partial charge in [0.25, 0.3) is 22.7 Å². The van der Waals surface area contributed by atoms with Crippen LogP contribution in [0.15, 0.2) is 65.6 Å². The van der Waals surface area contributed by atoms with Gasteiger partial charge in [-0.1, -0.05) is 12.1 Å². The Morgan fingerprint density at radius 2 is 1.81 bits per heavy atom. The summed E-state index contributed by atoms with van der Waals surface area (Å²) in [5.41, 5.74) is 0.157. The molecule has 0 saturated carbocycles. The molecular weight excluding hydrogens is 578 g/mol. The van der Waals surface area contributed by atoms with Crippen LogP contribution in [-0.4, -0.2) is 53.0 Å². The first-order valence-electron chi connectivity index (χ1n) is 11.9. The van der Waals surface area contributed by atoms with Gasteiger partial charge in [-0.3, -0.25) is 34.2 Å². The molecule has 0 bridgehead atoms. The van der Waals surface area contributed by atoms with Gasteiger partial charge in [0.05, 0.1) is 22.6 Å². The van der Waals surface area contributed by atoms with E-state index in [2.05, 4.69) is 10.6 Å². The number of nitrogens with one attached hydrogen (secondary N) is 2. The quantitative estimate of drug-likeness (QED) is 0.194. The van der Waals surface area contributed by atoms with E-state index in [0.29, 0.717) is 28.3 Å². The summed E-state index contributed by atoms with van der Waals surface area (Å²) in [5.74, 6) is -3.66. The summed E-state index contributed by atoms with van der Waals surface area (Å²) >= 11 is 0.593. The molecule has 0 unspecified atom stereocenters. The second kappa shape index (κ2) is 12.9. The molecule has 1 aliphatic rings. The SMILES string of the molecule is COc1cc(/C=C2\SC(=O)N(CC(=O)Nc3ccc(F)cc3F)C2=O)ccc1OCC(=O)Nc1cccc([N+](=O)[O-])c1. The van der Waals surface area contributed by atoms with Crippen molar-refractivity contribution in [3.63, 3.8) is 0 Å². The number of benzene rings is 3. The van der Waals surface area contributed by atoms with Crippen LogP contribution in [0.5, 0.6) is 11.5 Å². The molecule has 1 aliphatic heterocycles. The highest BCUT2D eigenvalue weighted by Crippen LogP contribution is 2.34. The number of non-ortho nitro benzene ring substituents is 1. The van der Waals surface area contributed by atoms with Gasteiger partial charge in [-0.2, -0.15) is 0 Å². The third-order valence-electron chi connectivity index (χ3n) is 5.57. The van der Waals surface area contributed by atoms with E-state index in [9.17, 15) is 38.1 Å². The molecule has 0 spiro atoms. The predicted octanol–water partition coefficient (Wildman–Crippen LogP) is 4.57. The average Bonchev–Trinajstić information content (AvgIpc) is 3.21. The lowest BCUT2D eigenvalue weighted by Gasteiger charge is -2.13. The van der Waals surface area contributed by atoms with Crippen LogP contribution < -0.4 is 20.1 Å². The van der Waals surface area contributed by atoms with E-state index < -0.39 is 52.7 Å². The van der Waals surface area contributed by atoms with Crippen molar-refractivity contribution in [3.8, 4) is 11.5 Å². The second-order valence-corrected chi connectivity index (χ2v) is 9.49. The Kier molecular flexibility index (Phi) is 9.12. The van der Waals surface area contributed by atoms with Gasteiger partial charge in [-0.25, -0.2) is 8.78 Å². The number of amides is 4. The Hall–Kier alpha value is -5.31. The van der Waals surface area contributed by atoms with Gasteiger partial charge in [0, 0.05) is 23.9 Å². The lowest BCUT2D eigenvalue weighted by Crippen LogP contribution is -2.36. The Labute approximate surface area is 240 Å². The van der Waals surface area contributed by atoms with Gasteiger partial charge < -0.3 is 20.1 Å². The van der Waals surface area contributed by atoms with Crippen molar-refractivity contribution < 1.29 is 42.4 Å². The van der Waals surface area contributed by atoms with Crippen molar-refractivity contribution in [2.45, 2.75) is 0 Å². The van der Waals surface area contributed by atoms with Crippen LogP contribution in [0.1, 0.15) is 5.56 Å². The zero-order valence-electron chi connectivity index (χ0n) is 21.6. The number of carbonyl (C=O) groups excluding carboxylic acids is 4. The molecule has 1 fully saturated rings. The Balaban J connectivity index is 1.38. The maximum absolute atomic E-state index is 13.8. The summed E-state index contributed by atoms with van der Waals surface area (Å²) in [6, 6.07) is 12.4. The van der Waals surface area contributed by atoms with Crippen molar-refractivity contribution in [1.29, 1.82) is 0 Å². The summed E-state index contributed by atoms with van der Waals surface area (Å²) in [7, 11) is 1.35. The monoisotopic (exact) mass is 598 g/mol. The van der Waals surface area contributed by atoms with Gasteiger partial charge >= 0.3 is 0 Å². The summed E-state index contributed by atoms with van der Waals surface area (Å²) in [6.07, 6.45) is 1.39. The minimum absolute atomic E-state index is 0.00724. The second-order valence-electron chi connectivity index (χ2n) is 8.49. The highest BCUT2D eigenvalue weighted by Gasteiger charge is 2.36. The summed E-state index contributed by atoms with van der Waals surface area (Å²) in [5, 5.41) is 14.9. The van der Waals surface area contributed by atoms with Crippen LogP contribution >= 0.6 is 11.8 Å². The van der Waals surface area contributed by atoms with Crippen LogP contribution in [0.3, 0.4) is 0 Å². The Bertz CT molecular complexity index is 1630. The average molecular weight is 599 g/mol. The standard InChI is InChI=1S/C27H20F2N4O8S/c1-40-22-9-15(5-8-21(22)41-14-25(35)30-17-3-2-4-18(12-17)33(38)39)10-23-26(36)32(27(37)42-23)13-24(34)31-20-7-6-16(28)11-19(20)29/h2-12H,13-14H2,1H3,(H,30,35)(H,31,34)/b23-10-. The molecule has 3 aromatic carbocycles. The first-order valence-corrected chi connectivity index (χ1v) is 12.7. The fourth-order valence-electron chi connectivity index (χ4n) is 3.64. The molecule has 0 aliphatic carbocycles. The van der Waals surface area contributed by atoms with Crippen molar-refractivity contribution in [1.82, 2.24) is 4.90 Å². The molecule has 3 aromatic rings. The number of hydrogen-bond donors (Lipinski definition) is 2. The smallest absolute Gasteiger partial charge is 0.294 e. The van der Waals surface area contributed by atoms with Crippen LogP contribution in [0.25, 0.3) is 6.08 Å². The number of nitro benzene ring substituents is 1. The molecule has 4 rings (SSSR count). The third kappa shape index (κ3) is 7.25. The number of anilines is 2. The van der Waals surface area contributed by atoms with Crippen molar-refractivity contribution in [2.24, 2.45) is 0 Å². The number of halogens is 2. The van der Waals surface area contributed by atoms with E-state index in [0.717, 1.165) is 12.1 Å². The molecular formula is C27H20F2N4O8S. The van der Waals surface area contributed by atoms with Gasteiger partial charge in [-0.15, -0.1) is 0 Å². The number of nitrogens with zero attached hydrogens (tertiary/aromatic N) is 2. The lowest BCUT2D eigenvalue weighted by atomic mass is 10.2. The van der Waals surface area contributed by atoms with Gasteiger partial charge in [0.2, 0.25) is 5.91 Å². The number of thioether (sulfide) groups is 1. The highest BCUT2D eigenvalue weighted by molar-refractivity contribution is 8.18. The van der Waals surface area contributed by atoms with Crippen LogP contribution in [0, 0.1) is 21.7 Å². The van der Waals surface area contributed by atoms with Crippen LogP contribution in [0.2, 0.25) is 0 Å². The molecule has 4 amide bonds. The van der Waals surface area contributed by atoms with E-state index in [1.807, 2.05) is 0 Å². The molecule has 1 heterocycles. The number of imide groups is 1. The fourth-order valence-corrected chi connectivity index (χ4v) is 4.48. The zero-order valence-corrected chi connectivity index (χ0v) is 22.4. The first kappa shape index (κ1) is 29.7. The van der Waals surface area contributed by atoms with Gasteiger partial charge in [-0.05, 0) is 53.7 Å². The molecule has 0 aromatic heterocycles. The number of nitro groups is 1. The highest BCUT2D eigenvalue weighted by atomic mass is 32.2. The number of rotatable bonds is 10. The predicted molar refractivity (Wildman–Crippen MR) is 148 cm³/mol. The maximum atomic E-state index is 13.8. The largest absolute Gasteiger partial charge is 0.493 e. The van der Waals surface area contributed by atoms with Crippen molar-refractivity contribution >= 4 is 57.9 Å². The molecule has 216 valence electrons. The normalized spacial score (nSPS) is 13.7. The van der Waals surface area contributed by atoms with Crippen molar-refractivity contribution in [2.75, 3.05) is 30.9 Å². The molecule has 0 radical (unpaired) electrons. The maximum Gasteiger partial charge on any atom is 0.294 e. The van der Waals surface area contributed by atoms with Crippen LogP contribution in [-0.2, 0) is 14.4 Å². The van der Waals surface area contributed by atoms with E-state index in [4.69, 9.17) is 9.47 Å². The summed E-state index contributed by atoms with van der Waals surface area (Å²) < 4.78 is 37.7. The molecule has 12 nitrogen and oxygen atoms in total. The van der Waals surface area contributed by atoms with E-state index in [-0.39, 0.29) is 33.5 Å². The third-order valence-corrected chi connectivity index (χ3v) is 6.47. The van der Waals surface area contributed by atoms with Crippen molar-refractivity contribution in [3.05, 3.63) is 92.9 Å². The van der Waals surface area contributed by atoms with Crippen LogP contribution in [0.4, 0.5) is 30.6 Å². The minimum Gasteiger partial charge on any atom is -0.493 e. The van der Waals surface area contributed by atoms with Gasteiger partial charge in [0.1, 0.15) is 18.2 Å². The Morgan fingerprint density at radius 1 is 1.02 bits per heavy atom. The van der Waals surface area contributed by atoms with E-state index in [1.165, 1.54) is 55.7 Å². The zero-order chi connectivity index (χ0) is 30.4. The first-order chi connectivity index (χ1) is 20.0. The molecule has 0 atom stereocenters. The lowest BCUT2D eigenvalue weighted by molar-refractivity contribution is -0.384. The number of carbonyl (C=O) groups is 4. The number of ether oxygens (including phenoxy) is 2. The minimum atomic E-state index is -1.01. The summed E-state index contributed by atoms with van der Waals surface area (Å²) in [4.78, 5) is 60.8. The Morgan fingerprint density at radius 3 is 2.52 bits per heavy atom. The number of hydrogen-bond acceptors (Lipinski definition) is 9.